The maximum absolute atomic E-state index is 12.4. The number of anilines is 1. The average Bonchev–Trinajstić information content (AvgIpc) is 3.73. The summed E-state index contributed by atoms with van der Waals surface area (Å²) in [6.07, 6.45) is 4.66. The molecule has 0 saturated heterocycles. The van der Waals surface area contributed by atoms with Gasteiger partial charge in [0.05, 0.1) is 17.7 Å². The predicted molar refractivity (Wildman–Crippen MR) is 144 cm³/mol. The summed E-state index contributed by atoms with van der Waals surface area (Å²) in [6, 6.07) is 24.9. The maximum atomic E-state index is 12.4. The predicted octanol–water partition coefficient (Wildman–Crippen LogP) is 6.98. The van der Waals surface area contributed by atoms with E-state index in [4.69, 9.17) is 16.3 Å². The Morgan fingerprint density at radius 1 is 0.919 bits per heavy atom. The minimum Gasteiger partial charge on any atom is -0.481 e. The van der Waals surface area contributed by atoms with Gasteiger partial charge in [-0.3, -0.25) is 15.1 Å². The molecule has 4 aromatic rings. The van der Waals surface area contributed by atoms with Crippen molar-refractivity contribution in [3.8, 4) is 22.3 Å². The molecule has 186 valence electrons. The number of nitrogens with zero attached hydrogens (tertiary/aromatic N) is 1. The van der Waals surface area contributed by atoms with Crippen molar-refractivity contribution in [2.75, 3.05) is 11.9 Å². The van der Waals surface area contributed by atoms with E-state index in [1.807, 2.05) is 72.8 Å². The third kappa shape index (κ3) is 5.34. The number of rotatable bonds is 8. The number of hydrogen-bond donors (Lipinski definition) is 2. The van der Waals surface area contributed by atoms with Crippen molar-refractivity contribution in [1.82, 2.24) is 4.98 Å². The number of halogens is 1. The number of carbonyl (C=O) groups excluding carboxylic acids is 1. The Labute approximate surface area is 219 Å². The second-order valence-corrected chi connectivity index (χ2v) is 9.47. The van der Waals surface area contributed by atoms with E-state index >= 15 is 0 Å². The number of aromatic nitrogens is 1. The molecule has 1 fully saturated rings. The van der Waals surface area contributed by atoms with Crippen molar-refractivity contribution in [3.63, 3.8) is 0 Å². The van der Waals surface area contributed by atoms with Crippen LogP contribution < -0.4 is 5.32 Å². The summed E-state index contributed by atoms with van der Waals surface area (Å²) in [7, 11) is 0. The molecule has 0 atom stereocenters. The molecule has 0 spiro atoms. The first-order chi connectivity index (χ1) is 18.0. The molecule has 1 heterocycles. The van der Waals surface area contributed by atoms with Crippen LogP contribution in [0.5, 0.6) is 0 Å². The minimum atomic E-state index is -0.755. The second kappa shape index (κ2) is 10.4. The summed E-state index contributed by atoms with van der Waals surface area (Å²) in [4.78, 5) is 28.2. The van der Waals surface area contributed by atoms with Crippen LogP contribution in [0, 0.1) is 0 Å². The van der Waals surface area contributed by atoms with Crippen LogP contribution in [0.25, 0.3) is 22.3 Å². The number of amides is 1. The number of carboxylic acid groups (broad SMARTS) is 1. The minimum absolute atomic E-state index is 0.205. The fraction of sp³-hybridized carbons (Fsp3) is 0.167. The van der Waals surface area contributed by atoms with E-state index in [0.29, 0.717) is 30.0 Å². The quantitative estimate of drug-likeness (QED) is 0.266. The zero-order valence-electron chi connectivity index (χ0n) is 20.0. The molecule has 37 heavy (non-hydrogen) atoms. The van der Waals surface area contributed by atoms with E-state index in [2.05, 4.69) is 10.3 Å². The normalized spacial score (nSPS) is 13.5. The molecule has 2 N–H and O–H groups in total. The first-order valence-corrected chi connectivity index (χ1v) is 12.4. The van der Waals surface area contributed by atoms with Gasteiger partial charge in [0, 0.05) is 29.4 Å². The second-order valence-electron chi connectivity index (χ2n) is 9.07. The van der Waals surface area contributed by atoms with E-state index in [0.717, 1.165) is 33.4 Å². The van der Waals surface area contributed by atoms with Gasteiger partial charge in [-0.1, -0.05) is 78.3 Å². The highest BCUT2D eigenvalue weighted by Gasteiger charge is 2.51. The van der Waals surface area contributed by atoms with Gasteiger partial charge in [-0.05, 0) is 52.8 Å². The fourth-order valence-corrected chi connectivity index (χ4v) is 4.64. The number of carbonyl (C=O) groups is 2. The van der Waals surface area contributed by atoms with Gasteiger partial charge in [0.2, 0.25) is 0 Å². The van der Waals surface area contributed by atoms with Crippen LogP contribution >= 0.6 is 11.6 Å². The number of pyridine rings is 1. The van der Waals surface area contributed by atoms with Crippen molar-refractivity contribution in [2.45, 2.75) is 24.7 Å². The number of carboxylic acids is 1. The Bertz CT molecular complexity index is 1430. The van der Waals surface area contributed by atoms with Gasteiger partial charge in [-0.15, -0.1) is 0 Å². The van der Waals surface area contributed by atoms with Crippen molar-refractivity contribution in [3.05, 3.63) is 107 Å². The van der Waals surface area contributed by atoms with Crippen molar-refractivity contribution >= 4 is 29.4 Å². The van der Waals surface area contributed by atoms with E-state index in [1.54, 1.807) is 18.5 Å². The Balaban J connectivity index is 1.25. The van der Waals surface area contributed by atoms with Crippen LogP contribution in [-0.2, 0) is 21.4 Å². The van der Waals surface area contributed by atoms with Gasteiger partial charge in [-0.25, -0.2) is 4.79 Å². The number of ether oxygens (including phenoxy) is 1. The fourth-order valence-electron chi connectivity index (χ4n) is 4.41. The van der Waals surface area contributed by atoms with Gasteiger partial charge in [0.25, 0.3) is 0 Å². The van der Waals surface area contributed by atoms with Crippen molar-refractivity contribution < 1.29 is 19.4 Å². The summed E-state index contributed by atoms with van der Waals surface area (Å²) in [6.45, 7) is 0.205. The largest absolute Gasteiger partial charge is 0.481 e. The lowest BCUT2D eigenvalue weighted by Gasteiger charge is -2.13. The molecule has 0 aliphatic heterocycles. The summed E-state index contributed by atoms with van der Waals surface area (Å²) >= 11 is 6.16. The highest BCUT2D eigenvalue weighted by atomic mass is 35.5. The molecule has 5 rings (SSSR count). The number of benzene rings is 3. The number of nitrogens with one attached hydrogen (secondary N) is 1. The zero-order valence-corrected chi connectivity index (χ0v) is 20.7. The third-order valence-electron chi connectivity index (χ3n) is 6.75. The van der Waals surface area contributed by atoms with E-state index in [-0.39, 0.29) is 6.61 Å². The van der Waals surface area contributed by atoms with E-state index in [9.17, 15) is 14.7 Å². The third-order valence-corrected chi connectivity index (χ3v) is 7.12. The summed E-state index contributed by atoms with van der Waals surface area (Å²) in [5.41, 5.74) is 5.33. The van der Waals surface area contributed by atoms with Crippen LogP contribution in [0.1, 0.15) is 24.0 Å². The van der Waals surface area contributed by atoms with Crippen molar-refractivity contribution in [1.29, 1.82) is 0 Å². The molecule has 7 heteroatoms. The van der Waals surface area contributed by atoms with E-state index < -0.39 is 17.5 Å². The molecule has 1 amide bonds. The molecular formula is C30H25ClN2O4. The average molecular weight is 513 g/mol. The first kappa shape index (κ1) is 24.5. The lowest BCUT2D eigenvalue weighted by atomic mass is 9.93. The topological polar surface area (TPSA) is 88.5 Å². The lowest BCUT2D eigenvalue weighted by Crippen LogP contribution is -2.19. The molecule has 6 nitrogen and oxygen atoms in total. The van der Waals surface area contributed by atoms with Crippen LogP contribution in [-0.4, -0.2) is 28.8 Å². The van der Waals surface area contributed by atoms with E-state index in [1.165, 1.54) is 0 Å². The number of aliphatic carboxylic acids is 1. The smallest absolute Gasteiger partial charge is 0.411 e. The zero-order chi connectivity index (χ0) is 25.8. The highest BCUT2D eigenvalue weighted by Crippen LogP contribution is 2.48. The van der Waals surface area contributed by atoms with Crippen LogP contribution in [0.2, 0.25) is 5.02 Å². The SMILES string of the molecule is O=C(Nc1ccncc1-c1ccc(-c2ccc(C3(C(=O)O)CC3)cc2)cc1)OCCc1ccccc1Cl. The van der Waals surface area contributed by atoms with Gasteiger partial charge in [-0.2, -0.15) is 0 Å². The Morgan fingerprint density at radius 2 is 1.57 bits per heavy atom. The lowest BCUT2D eigenvalue weighted by molar-refractivity contribution is -0.140. The summed E-state index contributed by atoms with van der Waals surface area (Å²) in [5.74, 6) is -0.755. The molecule has 1 aromatic heterocycles. The Morgan fingerprint density at radius 3 is 2.22 bits per heavy atom. The van der Waals surface area contributed by atoms with Crippen LogP contribution in [0.4, 0.5) is 10.5 Å². The highest BCUT2D eigenvalue weighted by molar-refractivity contribution is 6.31. The molecular weight excluding hydrogens is 488 g/mol. The van der Waals surface area contributed by atoms with Gasteiger partial charge in [0.1, 0.15) is 0 Å². The molecule has 1 aliphatic rings. The van der Waals surface area contributed by atoms with Gasteiger partial charge >= 0.3 is 12.1 Å². The summed E-state index contributed by atoms with van der Waals surface area (Å²) < 4.78 is 5.36. The molecule has 0 unspecified atom stereocenters. The molecule has 1 aliphatic carbocycles. The standard InChI is InChI=1S/C30H25ClN2O4/c31-26-4-2-1-3-23(26)14-18-37-29(36)33-27-13-17-32-19-25(27)22-7-5-20(6-8-22)21-9-11-24(12-10-21)30(15-16-30)28(34)35/h1-13,17,19H,14-16,18H2,(H,34,35)(H,32,33,36). The molecule has 3 aromatic carbocycles. The monoisotopic (exact) mass is 512 g/mol. The maximum Gasteiger partial charge on any atom is 0.411 e. The Kier molecular flexibility index (Phi) is 6.93. The molecule has 0 bridgehead atoms. The molecule has 0 radical (unpaired) electrons. The first-order valence-electron chi connectivity index (χ1n) is 12.0. The van der Waals surface area contributed by atoms with Gasteiger partial charge < -0.3 is 9.84 Å². The van der Waals surface area contributed by atoms with Crippen LogP contribution in [0.3, 0.4) is 0 Å². The van der Waals surface area contributed by atoms with Crippen molar-refractivity contribution in [2.24, 2.45) is 0 Å². The molecule has 1 saturated carbocycles. The number of hydrogen-bond acceptors (Lipinski definition) is 4. The van der Waals surface area contributed by atoms with Crippen LogP contribution in [0.15, 0.2) is 91.3 Å². The Hall–Kier alpha value is -4.16. The summed E-state index contributed by atoms with van der Waals surface area (Å²) in [5, 5.41) is 13.0. The van der Waals surface area contributed by atoms with Gasteiger partial charge in [0.15, 0.2) is 0 Å².